The van der Waals surface area contributed by atoms with E-state index in [2.05, 4.69) is 9.88 Å². The molecule has 10 heteroatoms. The second-order valence-corrected chi connectivity index (χ2v) is 11.1. The van der Waals surface area contributed by atoms with E-state index in [4.69, 9.17) is 25.8 Å². The van der Waals surface area contributed by atoms with Crippen molar-refractivity contribution in [2.45, 2.75) is 45.6 Å². The van der Waals surface area contributed by atoms with Gasteiger partial charge in [-0.05, 0) is 56.7 Å². The normalized spacial score (nSPS) is 17.5. The zero-order valence-corrected chi connectivity index (χ0v) is 22.9. The van der Waals surface area contributed by atoms with Gasteiger partial charge in [0.2, 0.25) is 0 Å². The van der Waals surface area contributed by atoms with Crippen molar-refractivity contribution in [3.05, 3.63) is 70.8 Å². The molecule has 0 radical (unpaired) electrons. The maximum absolute atomic E-state index is 16.3. The number of carbonyl (C=O) groups is 1. The molecule has 2 aliphatic rings. The second kappa shape index (κ2) is 10.9. The van der Waals surface area contributed by atoms with E-state index in [1.807, 2.05) is 32.9 Å². The predicted molar refractivity (Wildman–Crippen MR) is 145 cm³/mol. The highest BCUT2D eigenvalue weighted by Crippen LogP contribution is 2.47. The van der Waals surface area contributed by atoms with Crippen LogP contribution in [0.25, 0.3) is 11.1 Å². The van der Waals surface area contributed by atoms with Crippen molar-refractivity contribution in [3.63, 3.8) is 0 Å². The molecule has 8 nitrogen and oxygen atoms in total. The SMILES string of the molecule is CC(C)(C)OC(=O)N1CCN2Cc3cc(OCc4ccncc4)c(-c4c(O)cccc4Cl)c(F)c3OCC2C1. The van der Waals surface area contributed by atoms with Gasteiger partial charge in [0, 0.05) is 49.7 Å². The molecule has 0 aliphatic carbocycles. The van der Waals surface area contributed by atoms with Crippen molar-refractivity contribution in [1.29, 1.82) is 0 Å². The lowest BCUT2D eigenvalue weighted by Crippen LogP contribution is -2.56. The molecule has 1 fully saturated rings. The number of amides is 1. The van der Waals surface area contributed by atoms with E-state index in [1.54, 1.807) is 35.5 Å². The summed E-state index contributed by atoms with van der Waals surface area (Å²) in [6.45, 7) is 7.70. The van der Waals surface area contributed by atoms with Gasteiger partial charge in [0.1, 0.15) is 30.3 Å². The number of fused-ring (bicyclic) bond motifs is 2. The Balaban J connectivity index is 1.48. The Labute approximate surface area is 231 Å². The third-order valence-corrected chi connectivity index (χ3v) is 7.01. The van der Waals surface area contributed by atoms with Crippen molar-refractivity contribution in [3.8, 4) is 28.4 Å². The molecule has 1 amide bonds. The zero-order valence-electron chi connectivity index (χ0n) is 22.1. The molecular weight excluding hydrogens is 525 g/mol. The van der Waals surface area contributed by atoms with Gasteiger partial charge in [0.25, 0.3) is 0 Å². The van der Waals surface area contributed by atoms with Crippen molar-refractivity contribution in [1.82, 2.24) is 14.8 Å². The molecule has 206 valence electrons. The summed E-state index contributed by atoms with van der Waals surface area (Å²) in [7, 11) is 0. The van der Waals surface area contributed by atoms with E-state index in [1.165, 1.54) is 6.07 Å². The maximum atomic E-state index is 16.3. The van der Waals surface area contributed by atoms with Gasteiger partial charge in [-0.2, -0.15) is 0 Å². The molecule has 0 spiro atoms. The van der Waals surface area contributed by atoms with Gasteiger partial charge < -0.3 is 24.2 Å². The van der Waals surface area contributed by atoms with Crippen LogP contribution in [0.5, 0.6) is 17.2 Å². The number of phenolic OH excluding ortho intramolecular Hbond substituents is 1. The van der Waals surface area contributed by atoms with Crippen molar-refractivity contribution in [2.24, 2.45) is 0 Å². The van der Waals surface area contributed by atoms with Gasteiger partial charge in [-0.1, -0.05) is 17.7 Å². The van der Waals surface area contributed by atoms with Crippen LogP contribution in [0.1, 0.15) is 31.9 Å². The van der Waals surface area contributed by atoms with Crippen molar-refractivity contribution >= 4 is 17.7 Å². The number of aromatic nitrogens is 1. The summed E-state index contributed by atoms with van der Waals surface area (Å²) in [5.41, 5.74) is 1.03. The zero-order chi connectivity index (χ0) is 27.7. The van der Waals surface area contributed by atoms with Gasteiger partial charge in [-0.15, -0.1) is 0 Å². The lowest BCUT2D eigenvalue weighted by atomic mass is 9.99. The van der Waals surface area contributed by atoms with E-state index in [0.29, 0.717) is 31.7 Å². The van der Waals surface area contributed by atoms with Crippen LogP contribution in [0.15, 0.2) is 48.8 Å². The van der Waals surface area contributed by atoms with Gasteiger partial charge >= 0.3 is 6.09 Å². The van der Waals surface area contributed by atoms with Crippen LogP contribution in [0, 0.1) is 5.82 Å². The predicted octanol–water partition coefficient (Wildman–Crippen LogP) is 5.64. The maximum Gasteiger partial charge on any atom is 0.410 e. The summed E-state index contributed by atoms with van der Waals surface area (Å²) in [5, 5.41) is 10.8. The lowest BCUT2D eigenvalue weighted by Gasteiger charge is -2.40. The Morgan fingerprint density at radius 2 is 1.97 bits per heavy atom. The molecule has 2 aliphatic heterocycles. The van der Waals surface area contributed by atoms with E-state index >= 15 is 4.39 Å². The average molecular weight is 556 g/mol. The van der Waals surface area contributed by atoms with Gasteiger partial charge in [0.15, 0.2) is 11.6 Å². The molecule has 0 bridgehead atoms. The summed E-state index contributed by atoms with van der Waals surface area (Å²) in [5.74, 6) is -0.515. The number of rotatable bonds is 4. The van der Waals surface area contributed by atoms with Crippen LogP contribution in [-0.4, -0.2) is 63.9 Å². The summed E-state index contributed by atoms with van der Waals surface area (Å²) in [6.07, 6.45) is 2.93. The molecule has 1 unspecified atom stereocenters. The second-order valence-electron chi connectivity index (χ2n) is 10.7. The van der Waals surface area contributed by atoms with E-state index in [9.17, 15) is 9.90 Å². The number of benzene rings is 2. The molecule has 39 heavy (non-hydrogen) atoms. The smallest absolute Gasteiger partial charge is 0.410 e. The minimum atomic E-state index is -0.663. The number of nitrogens with zero attached hydrogens (tertiary/aromatic N) is 3. The number of ether oxygens (including phenoxy) is 3. The van der Waals surface area contributed by atoms with Crippen LogP contribution in [-0.2, 0) is 17.9 Å². The molecular formula is C29H31ClFN3O5. The monoisotopic (exact) mass is 555 g/mol. The number of piperazine rings is 1. The first-order valence-corrected chi connectivity index (χ1v) is 13.2. The molecule has 0 saturated carbocycles. The number of halogens is 2. The van der Waals surface area contributed by atoms with Crippen LogP contribution in [0.2, 0.25) is 5.02 Å². The first-order chi connectivity index (χ1) is 18.6. The Morgan fingerprint density at radius 1 is 1.21 bits per heavy atom. The number of hydrogen-bond acceptors (Lipinski definition) is 7. The molecule has 3 aromatic rings. The quantitative estimate of drug-likeness (QED) is 0.446. The number of hydrogen-bond donors (Lipinski definition) is 1. The first-order valence-electron chi connectivity index (χ1n) is 12.8. The Morgan fingerprint density at radius 3 is 2.69 bits per heavy atom. The van der Waals surface area contributed by atoms with Gasteiger partial charge in [-0.25, -0.2) is 9.18 Å². The molecule has 1 atom stereocenters. The van der Waals surface area contributed by atoms with E-state index in [0.717, 1.165) is 5.56 Å². The van der Waals surface area contributed by atoms with E-state index in [-0.39, 0.29) is 58.7 Å². The third-order valence-electron chi connectivity index (χ3n) is 6.70. The molecule has 3 heterocycles. The highest BCUT2D eigenvalue weighted by atomic mass is 35.5. The van der Waals surface area contributed by atoms with Gasteiger partial charge in [-0.3, -0.25) is 9.88 Å². The summed E-state index contributed by atoms with van der Waals surface area (Å²) in [6, 6.07) is 9.84. The number of pyridine rings is 1. The molecule has 1 N–H and O–H groups in total. The topological polar surface area (TPSA) is 84.4 Å². The first kappa shape index (κ1) is 27.0. The standard InChI is InChI=1S/C29H31ClFN3O5/c1-29(2,3)39-28(36)34-12-11-33-14-19-13-23(37-16-18-7-9-32-10-8-18)25(24-21(30)5-4-6-22(24)35)26(31)27(19)38-17-20(33)15-34/h4-10,13,20,35H,11-12,14-17H2,1-3H3. The number of aromatic hydroxyl groups is 1. The highest BCUT2D eigenvalue weighted by Gasteiger charge is 2.36. The van der Waals surface area contributed by atoms with Crippen LogP contribution >= 0.6 is 11.6 Å². The Bertz CT molecular complexity index is 1350. The highest BCUT2D eigenvalue weighted by molar-refractivity contribution is 6.33. The fraction of sp³-hybridized carbons (Fsp3) is 0.379. The average Bonchev–Trinajstić information content (AvgIpc) is 3.07. The molecule has 1 saturated heterocycles. The summed E-state index contributed by atoms with van der Waals surface area (Å²) >= 11 is 6.44. The van der Waals surface area contributed by atoms with Gasteiger partial charge in [0.05, 0.1) is 16.6 Å². The van der Waals surface area contributed by atoms with Crippen LogP contribution in [0.3, 0.4) is 0 Å². The van der Waals surface area contributed by atoms with Crippen LogP contribution in [0.4, 0.5) is 9.18 Å². The van der Waals surface area contributed by atoms with Crippen molar-refractivity contribution in [2.75, 3.05) is 26.2 Å². The number of phenols is 1. The largest absolute Gasteiger partial charge is 0.507 e. The minimum Gasteiger partial charge on any atom is -0.507 e. The van der Waals surface area contributed by atoms with Crippen molar-refractivity contribution < 1.29 is 28.5 Å². The summed E-state index contributed by atoms with van der Waals surface area (Å²) < 4.78 is 34.1. The fourth-order valence-electron chi connectivity index (χ4n) is 4.83. The Kier molecular flexibility index (Phi) is 7.55. The minimum absolute atomic E-state index is 0.0289. The third kappa shape index (κ3) is 5.89. The fourth-order valence-corrected chi connectivity index (χ4v) is 5.09. The molecule has 1 aromatic heterocycles. The lowest BCUT2D eigenvalue weighted by molar-refractivity contribution is -0.00164. The van der Waals surface area contributed by atoms with E-state index < -0.39 is 11.4 Å². The van der Waals surface area contributed by atoms with Crippen LogP contribution < -0.4 is 9.47 Å². The molecule has 5 rings (SSSR count). The summed E-state index contributed by atoms with van der Waals surface area (Å²) in [4.78, 5) is 20.5. The number of carbonyl (C=O) groups excluding carboxylic acids is 1. The Hall–Kier alpha value is -3.56. The molecule has 2 aromatic carbocycles.